The number of rotatable bonds is 4. The van der Waals surface area contributed by atoms with Crippen LogP contribution in [0.1, 0.15) is 6.92 Å². The predicted molar refractivity (Wildman–Crippen MR) is 121 cm³/mol. The second kappa shape index (κ2) is 8.71. The van der Waals surface area contributed by atoms with Crippen LogP contribution in [-0.2, 0) is 4.79 Å². The maximum atomic E-state index is 11.4. The van der Waals surface area contributed by atoms with Gasteiger partial charge in [0.1, 0.15) is 0 Å². The number of amides is 1. The highest BCUT2D eigenvalue weighted by Crippen LogP contribution is 2.34. The number of halogens is 1. The molecule has 0 aliphatic rings. The number of carbonyl (C=O) groups is 1. The first kappa shape index (κ1) is 21.0. The lowest BCUT2D eigenvalue weighted by Crippen LogP contribution is -2.05. The van der Waals surface area contributed by atoms with Gasteiger partial charge in [-0.3, -0.25) is 14.9 Å². The number of nitrogens with zero attached hydrogens (tertiary/aromatic N) is 2. The minimum Gasteiger partial charge on any atom is -0.326 e. The van der Waals surface area contributed by atoms with Crippen LogP contribution in [0, 0.1) is 10.1 Å². The molecule has 0 radical (unpaired) electrons. The zero-order valence-corrected chi connectivity index (χ0v) is 16.8. The standard InChI is InChI=1S/C23H17N3O3.ClH/c1-15(27)24-18-9-5-8-17(12-18)23-14-20(16-6-3-2-4-7-16)21-13-19(26(28)29)10-11-22(21)25-23;/h2-14H,1H3,(H,24,27);1H. The van der Waals surface area contributed by atoms with Crippen LogP contribution >= 0.6 is 12.4 Å². The Morgan fingerprint density at radius 2 is 1.67 bits per heavy atom. The van der Waals surface area contributed by atoms with Crippen molar-refractivity contribution in [3.05, 3.63) is 89.0 Å². The molecule has 150 valence electrons. The summed E-state index contributed by atoms with van der Waals surface area (Å²) in [5.74, 6) is -0.147. The van der Waals surface area contributed by atoms with Gasteiger partial charge in [-0.2, -0.15) is 0 Å². The number of hydrogen-bond donors (Lipinski definition) is 1. The highest BCUT2D eigenvalue weighted by molar-refractivity contribution is 5.98. The van der Waals surface area contributed by atoms with Crippen LogP contribution in [0.3, 0.4) is 0 Å². The van der Waals surface area contributed by atoms with Crippen molar-refractivity contribution in [1.29, 1.82) is 0 Å². The van der Waals surface area contributed by atoms with Gasteiger partial charge in [0.2, 0.25) is 5.91 Å². The van der Waals surface area contributed by atoms with Crippen molar-refractivity contribution in [2.24, 2.45) is 0 Å². The highest BCUT2D eigenvalue weighted by atomic mass is 35.5. The molecule has 1 N–H and O–H groups in total. The van der Waals surface area contributed by atoms with E-state index in [-0.39, 0.29) is 24.0 Å². The summed E-state index contributed by atoms with van der Waals surface area (Å²) in [7, 11) is 0. The summed E-state index contributed by atoms with van der Waals surface area (Å²) in [4.78, 5) is 27.0. The molecule has 1 aromatic heterocycles. The van der Waals surface area contributed by atoms with Gasteiger partial charge in [0.05, 0.1) is 16.1 Å². The summed E-state index contributed by atoms with van der Waals surface area (Å²) in [5.41, 5.74) is 4.74. The first-order chi connectivity index (χ1) is 14.0. The molecular formula is C23H18ClN3O3. The molecule has 0 fully saturated rings. The number of nitro benzene ring substituents is 1. The number of aromatic nitrogens is 1. The Labute approximate surface area is 179 Å². The van der Waals surface area contributed by atoms with Gasteiger partial charge in [-0.1, -0.05) is 42.5 Å². The number of hydrogen-bond acceptors (Lipinski definition) is 4. The Hall–Kier alpha value is -3.77. The van der Waals surface area contributed by atoms with Crippen molar-refractivity contribution < 1.29 is 9.72 Å². The molecule has 0 bridgehead atoms. The molecule has 4 rings (SSSR count). The summed E-state index contributed by atoms with van der Waals surface area (Å²) < 4.78 is 0. The van der Waals surface area contributed by atoms with E-state index in [2.05, 4.69) is 5.32 Å². The van der Waals surface area contributed by atoms with Crippen LogP contribution in [0.25, 0.3) is 33.3 Å². The number of non-ortho nitro benzene ring substituents is 1. The smallest absolute Gasteiger partial charge is 0.270 e. The van der Waals surface area contributed by atoms with Crippen molar-refractivity contribution in [3.63, 3.8) is 0 Å². The van der Waals surface area contributed by atoms with Gasteiger partial charge in [-0.25, -0.2) is 4.98 Å². The molecule has 0 aliphatic heterocycles. The summed E-state index contributed by atoms with van der Waals surface area (Å²) in [5, 5.41) is 14.7. The third kappa shape index (κ3) is 4.29. The topological polar surface area (TPSA) is 85.1 Å². The monoisotopic (exact) mass is 419 g/mol. The molecule has 0 aliphatic carbocycles. The van der Waals surface area contributed by atoms with Crippen LogP contribution in [-0.4, -0.2) is 15.8 Å². The lowest BCUT2D eigenvalue weighted by Gasteiger charge is -2.11. The highest BCUT2D eigenvalue weighted by Gasteiger charge is 2.14. The van der Waals surface area contributed by atoms with E-state index in [0.29, 0.717) is 16.6 Å². The van der Waals surface area contributed by atoms with Gasteiger partial charge in [0.25, 0.3) is 5.69 Å². The summed E-state index contributed by atoms with van der Waals surface area (Å²) in [6, 6.07) is 23.8. The number of benzene rings is 3. The van der Waals surface area contributed by atoms with E-state index in [9.17, 15) is 14.9 Å². The van der Waals surface area contributed by atoms with E-state index >= 15 is 0 Å². The molecule has 30 heavy (non-hydrogen) atoms. The van der Waals surface area contributed by atoms with Gasteiger partial charge in [-0.05, 0) is 35.4 Å². The number of nitro groups is 1. The van der Waals surface area contributed by atoms with Crippen LogP contribution < -0.4 is 5.32 Å². The molecule has 0 unspecified atom stereocenters. The molecule has 0 spiro atoms. The zero-order chi connectivity index (χ0) is 20.4. The van der Waals surface area contributed by atoms with Crippen LogP contribution in [0.5, 0.6) is 0 Å². The normalized spacial score (nSPS) is 10.3. The molecule has 7 heteroatoms. The van der Waals surface area contributed by atoms with Gasteiger partial charge in [0.15, 0.2) is 0 Å². The maximum Gasteiger partial charge on any atom is 0.270 e. The predicted octanol–water partition coefficient (Wildman–Crippen LogP) is 5.86. The zero-order valence-electron chi connectivity index (χ0n) is 16.0. The molecule has 4 aromatic rings. The second-order valence-corrected chi connectivity index (χ2v) is 6.64. The number of nitrogens with one attached hydrogen (secondary N) is 1. The van der Waals surface area contributed by atoms with Gasteiger partial charge < -0.3 is 5.32 Å². The minimum atomic E-state index is -0.404. The van der Waals surface area contributed by atoms with Crippen molar-refractivity contribution in [3.8, 4) is 22.4 Å². The van der Waals surface area contributed by atoms with Crippen molar-refractivity contribution in [2.75, 3.05) is 5.32 Å². The van der Waals surface area contributed by atoms with Gasteiger partial charge in [-0.15, -0.1) is 12.4 Å². The van der Waals surface area contributed by atoms with Crippen LogP contribution in [0.2, 0.25) is 0 Å². The Bertz CT molecular complexity index is 1240. The van der Waals surface area contributed by atoms with Crippen LogP contribution in [0.4, 0.5) is 11.4 Å². The first-order valence-corrected chi connectivity index (χ1v) is 9.04. The number of anilines is 1. The Balaban J connectivity index is 0.00000256. The Morgan fingerprint density at radius 1 is 0.933 bits per heavy atom. The summed E-state index contributed by atoms with van der Waals surface area (Å²) in [6.45, 7) is 1.46. The van der Waals surface area contributed by atoms with E-state index in [1.807, 2.05) is 60.7 Å². The first-order valence-electron chi connectivity index (χ1n) is 9.04. The van der Waals surface area contributed by atoms with Crippen molar-refractivity contribution in [2.45, 2.75) is 6.92 Å². The lowest BCUT2D eigenvalue weighted by molar-refractivity contribution is -0.384. The van der Waals surface area contributed by atoms with Crippen molar-refractivity contribution >= 4 is 40.6 Å². The molecular weight excluding hydrogens is 402 g/mol. The maximum absolute atomic E-state index is 11.4. The molecule has 1 amide bonds. The van der Waals surface area contributed by atoms with E-state index in [0.717, 1.165) is 22.4 Å². The van der Waals surface area contributed by atoms with Gasteiger partial charge >= 0.3 is 0 Å². The average Bonchev–Trinajstić information content (AvgIpc) is 2.73. The third-order valence-electron chi connectivity index (χ3n) is 4.57. The number of pyridine rings is 1. The van der Waals surface area contributed by atoms with Gasteiger partial charge in [0, 0.05) is 35.7 Å². The lowest BCUT2D eigenvalue weighted by atomic mass is 9.98. The van der Waals surface area contributed by atoms with Crippen LogP contribution in [0.15, 0.2) is 78.9 Å². The Kier molecular flexibility index (Phi) is 6.09. The second-order valence-electron chi connectivity index (χ2n) is 6.64. The van der Waals surface area contributed by atoms with E-state index < -0.39 is 4.92 Å². The molecule has 6 nitrogen and oxygen atoms in total. The average molecular weight is 420 g/mol. The number of fused-ring (bicyclic) bond motifs is 1. The quantitative estimate of drug-likeness (QED) is 0.331. The van der Waals surface area contributed by atoms with Crippen molar-refractivity contribution in [1.82, 2.24) is 4.98 Å². The van der Waals surface area contributed by atoms with E-state index in [1.54, 1.807) is 12.1 Å². The Morgan fingerprint density at radius 3 is 2.37 bits per heavy atom. The third-order valence-corrected chi connectivity index (χ3v) is 4.57. The molecule has 3 aromatic carbocycles. The molecule has 0 saturated heterocycles. The fraction of sp³-hybridized carbons (Fsp3) is 0.0435. The molecule has 1 heterocycles. The minimum absolute atomic E-state index is 0. The fourth-order valence-corrected chi connectivity index (χ4v) is 3.29. The molecule has 0 atom stereocenters. The van der Waals surface area contributed by atoms with E-state index in [4.69, 9.17) is 4.98 Å². The van der Waals surface area contributed by atoms with E-state index in [1.165, 1.54) is 13.0 Å². The fourth-order valence-electron chi connectivity index (χ4n) is 3.29. The summed E-state index contributed by atoms with van der Waals surface area (Å²) in [6.07, 6.45) is 0. The number of carbonyl (C=O) groups excluding carboxylic acids is 1. The summed E-state index contributed by atoms with van der Waals surface area (Å²) >= 11 is 0. The largest absolute Gasteiger partial charge is 0.326 e. The SMILES string of the molecule is CC(=O)Nc1cccc(-c2cc(-c3ccccc3)c3cc([N+](=O)[O-])ccc3n2)c1.Cl. The molecule has 0 saturated carbocycles.